The van der Waals surface area contributed by atoms with Crippen LogP contribution in [0.1, 0.15) is 33.1 Å². The lowest BCUT2D eigenvalue weighted by Crippen LogP contribution is -2.28. The molecule has 1 heterocycles. The van der Waals surface area contributed by atoms with E-state index in [9.17, 15) is 4.79 Å². The monoisotopic (exact) mass is 167 g/mol. The average Bonchev–Trinajstić information content (AvgIpc) is 2.07. The third-order valence-electron chi connectivity index (χ3n) is 2.69. The Balaban J connectivity index is 2.69. The van der Waals surface area contributed by atoms with E-state index in [1.165, 1.54) is 11.1 Å². The van der Waals surface area contributed by atoms with Crippen molar-refractivity contribution in [2.24, 2.45) is 0 Å². The number of amides is 1. The molecule has 0 saturated carbocycles. The summed E-state index contributed by atoms with van der Waals surface area (Å²) in [5.41, 5.74) is 2.85. The van der Waals surface area contributed by atoms with E-state index in [4.69, 9.17) is 0 Å². The van der Waals surface area contributed by atoms with Crippen molar-refractivity contribution in [1.29, 1.82) is 0 Å². The predicted molar refractivity (Wildman–Crippen MR) is 49.9 cm³/mol. The lowest BCUT2D eigenvalue weighted by molar-refractivity contribution is -0.129. The van der Waals surface area contributed by atoms with Crippen LogP contribution in [0.5, 0.6) is 0 Å². The molecule has 2 nitrogen and oxygen atoms in total. The summed E-state index contributed by atoms with van der Waals surface area (Å²) in [5, 5.41) is 0. The average molecular weight is 167 g/mol. The maximum atomic E-state index is 11.3. The van der Waals surface area contributed by atoms with Gasteiger partial charge in [0, 0.05) is 20.0 Å². The van der Waals surface area contributed by atoms with Crippen molar-refractivity contribution in [2.45, 2.75) is 33.1 Å². The van der Waals surface area contributed by atoms with Crippen molar-refractivity contribution in [2.75, 3.05) is 13.6 Å². The first-order valence-electron chi connectivity index (χ1n) is 4.50. The number of hydrogen-bond donors (Lipinski definition) is 0. The lowest BCUT2D eigenvalue weighted by atomic mass is 10.0. The Hall–Kier alpha value is -0.790. The molecule has 0 aromatic carbocycles. The van der Waals surface area contributed by atoms with Crippen molar-refractivity contribution >= 4 is 5.91 Å². The number of nitrogens with zero attached hydrogens (tertiary/aromatic N) is 1. The minimum atomic E-state index is 0.279. The van der Waals surface area contributed by atoms with Crippen molar-refractivity contribution in [1.82, 2.24) is 4.90 Å². The van der Waals surface area contributed by atoms with Gasteiger partial charge in [-0.05, 0) is 26.7 Å². The fourth-order valence-corrected chi connectivity index (χ4v) is 1.37. The molecular weight excluding hydrogens is 150 g/mol. The fourth-order valence-electron chi connectivity index (χ4n) is 1.37. The highest BCUT2D eigenvalue weighted by Gasteiger charge is 2.12. The van der Waals surface area contributed by atoms with E-state index in [2.05, 4.69) is 13.8 Å². The van der Waals surface area contributed by atoms with Gasteiger partial charge in [0.1, 0.15) is 0 Å². The van der Waals surface area contributed by atoms with E-state index >= 15 is 0 Å². The second kappa shape index (κ2) is 3.74. The topological polar surface area (TPSA) is 20.3 Å². The van der Waals surface area contributed by atoms with Gasteiger partial charge >= 0.3 is 0 Å². The highest BCUT2D eigenvalue weighted by atomic mass is 16.2. The van der Waals surface area contributed by atoms with Gasteiger partial charge in [-0.25, -0.2) is 0 Å². The number of hydrogen-bond acceptors (Lipinski definition) is 1. The summed E-state index contributed by atoms with van der Waals surface area (Å²) in [6.07, 6.45) is 2.66. The summed E-state index contributed by atoms with van der Waals surface area (Å²) in [6, 6.07) is 0. The Morgan fingerprint density at radius 1 is 1.08 bits per heavy atom. The molecule has 0 aromatic heterocycles. The Kier molecular flexibility index (Phi) is 2.90. The zero-order chi connectivity index (χ0) is 9.14. The van der Waals surface area contributed by atoms with Crippen LogP contribution in [0.4, 0.5) is 0 Å². The highest BCUT2D eigenvalue weighted by molar-refractivity contribution is 5.76. The minimum Gasteiger partial charge on any atom is -0.345 e. The van der Waals surface area contributed by atoms with Gasteiger partial charge in [0.15, 0.2) is 0 Å². The maximum Gasteiger partial charge on any atom is 0.222 e. The number of allylic oxidation sites excluding steroid dienone is 1. The van der Waals surface area contributed by atoms with Crippen molar-refractivity contribution in [3.63, 3.8) is 0 Å². The van der Waals surface area contributed by atoms with Crippen molar-refractivity contribution in [3.05, 3.63) is 11.1 Å². The van der Waals surface area contributed by atoms with E-state index in [1.54, 1.807) is 0 Å². The number of carbonyl (C=O) groups is 1. The SMILES string of the molecule is CC1=C(C)CCN(C)C(=O)CC1. The van der Waals surface area contributed by atoms with Crippen LogP contribution >= 0.6 is 0 Å². The molecule has 0 aliphatic carbocycles. The van der Waals surface area contributed by atoms with Crippen LogP contribution < -0.4 is 0 Å². The van der Waals surface area contributed by atoms with Gasteiger partial charge in [-0.3, -0.25) is 4.79 Å². The number of rotatable bonds is 0. The third kappa shape index (κ3) is 2.10. The van der Waals surface area contributed by atoms with Gasteiger partial charge in [-0.15, -0.1) is 0 Å². The normalized spacial score (nSPS) is 20.9. The van der Waals surface area contributed by atoms with E-state index in [-0.39, 0.29) is 5.91 Å². The standard InChI is InChI=1S/C10H17NO/c1-8-4-5-10(12)11(3)7-6-9(8)2/h4-7H2,1-3H3. The molecular formula is C10H17NO. The van der Waals surface area contributed by atoms with Gasteiger partial charge in [-0.1, -0.05) is 11.1 Å². The lowest BCUT2D eigenvalue weighted by Gasteiger charge is -2.21. The molecule has 12 heavy (non-hydrogen) atoms. The first kappa shape index (κ1) is 9.30. The molecule has 0 atom stereocenters. The second-order valence-corrected chi connectivity index (χ2v) is 3.63. The Labute approximate surface area is 74.2 Å². The first-order valence-corrected chi connectivity index (χ1v) is 4.50. The van der Waals surface area contributed by atoms with Crippen LogP contribution in [0.2, 0.25) is 0 Å². The maximum absolute atomic E-state index is 11.3. The Morgan fingerprint density at radius 2 is 1.67 bits per heavy atom. The predicted octanol–water partition coefficient (Wildman–Crippen LogP) is 1.97. The molecule has 0 N–H and O–H groups in total. The van der Waals surface area contributed by atoms with E-state index in [1.807, 2.05) is 11.9 Å². The zero-order valence-electron chi connectivity index (χ0n) is 8.18. The van der Waals surface area contributed by atoms with E-state index in [0.717, 1.165) is 19.4 Å². The second-order valence-electron chi connectivity index (χ2n) is 3.63. The highest BCUT2D eigenvalue weighted by Crippen LogP contribution is 2.17. The molecule has 0 fully saturated rings. The molecule has 1 aliphatic heterocycles. The molecule has 1 aliphatic rings. The molecule has 0 unspecified atom stereocenters. The molecule has 0 aromatic rings. The van der Waals surface area contributed by atoms with Gasteiger partial charge in [0.05, 0.1) is 0 Å². The van der Waals surface area contributed by atoms with Crippen molar-refractivity contribution in [3.8, 4) is 0 Å². The van der Waals surface area contributed by atoms with E-state index < -0.39 is 0 Å². The summed E-state index contributed by atoms with van der Waals surface area (Å²) in [7, 11) is 1.89. The van der Waals surface area contributed by atoms with Crippen LogP contribution in [0.25, 0.3) is 0 Å². The third-order valence-corrected chi connectivity index (χ3v) is 2.69. The quantitative estimate of drug-likeness (QED) is 0.505. The first-order chi connectivity index (χ1) is 5.61. The molecule has 0 radical (unpaired) electrons. The van der Waals surface area contributed by atoms with Crippen LogP contribution in [-0.2, 0) is 4.79 Å². The van der Waals surface area contributed by atoms with Crippen molar-refractivity contribution < 1.29 is 4.79 Å². The summed E-state index contributed by atoms with van der Waals surface area (Å²) in [6.45, 7) is 5.18. The fraction of sp³-hybridized carbons (Fsp3) is 0.700. The Morgan fingerprint density at radius 3 is 2.33 bits per heavy atom. The zero-order valence-corrected chi connectivity index (χ0v) is 8.18. The molecule has 1 amide bonds. The molecule has 2 heteroatoms. The summed E-state index contributed by atoms with van der Waals surface area (Å²) in [4.78, 5) is 13.2. The number of carbonyl (C=O) groups excluding carboxylic acids is 1. The van der Waals surface area contributed by atoms with Gasteiger partial charge in [-0.2, -0.15) is 0 Å². The van der Waals surface area contributed by atoms with Gasteiger partial charge in [0.2, 0.25) is 5.91 Å². The van der Waals surface area contributed by atoms with Crippen LogP contribution in [0.15, 0.2) is 11.1 Å². The minimum absolute atomic E-state index is 0.279. The smallest absolute Gasteiger partial charge is 0.222 e. The van der Waals surface area contributed by atoms with Gasteiger partial charge in [0.25, 0.3) is 0 Å². The van der Waals surface area contributed by atoms with Crippen LogP contribution in [-0.4, -0.2) is 24.4 Å². The molecule has 1 rings (SSSR count). The summed E-state index contributed by atoms with van der Waals surface area (Å²) in [5.74, 6) is 0.279. The van der Waals surface area contributed by atoms with E-state index in [0.29, 0.717) is 6.42 Å². The largest absolute Gasteiger partial charge is 0.345 e. The summed E-state index contributed by atoms with van der Waals surface area (Å²) < 4.78 is 0. The van der Waals surface area contributed by atoms with Crippen LogP contribution in [0, 0.1) is 0 Å². The molecule has 0 bridgehead atoms. The van der Waals surface area contributed by atoms with Crippen LogP contribution in [0.3, 0.4) is 0 Å². The molecule has 0 spiro atoms. The van der Waals surface area contributed by atoms with Gasteiger partial charge < -0.3 is 4.90 Å². The molecule has 0 saturated heterocycles. The summed E-state index contributed by atoms with van der Waals surface area (Å²) >= 11 is 0. The molecule has 68 valence electrons. The Bertz CT molecular complexity index is 218.